The zero-order chi connectivity index (χ0) is 27.1. The predicted molar refractivity (Wildman–Crippen MR) is 129 cm³/mol. The van der Waals surface area contributed by atoms with Crippen LogP contribution in [0.1, 0.15) is 22.3 Å². The number of aliphatic hydroxyl groups excluding tert-OH is 3. The molecule has 13 nitrogen and oxygen atoms in total. The summed E-state index contributed by atoms with van der Waals surface area (Å²) < 4.78 is 23.7. The van der Waals surface area contributed by atoms with Crippen molar-refractivity contribution in [1.29, 1.82) is 0 Å². The molecule has 0 amide bonds. The van der Waals surface area contributed by atoms with E-state index in [1.807, 2.05) is 0 Å². The van der Waals surface area contributed by atoms with E-state index in [1.165, 1.54) is 46.2 Å². The summed E-state index contributed by atoms with van der Waals surface area (Å²) >= 11 is 0. The van der Waals surface area contributed by atoms with Gasteiger partial charge in [0.1, 0.15) is 24.1 Å². The molecule has 0 aliphatic rings. The van der Waals surface area contributed by atoms with Gasteiger partial charge in [-0.1, -0.05) is 36.4 Å². The van der Waals surface area contributed by atoms with Crippen LogP contribution in [0.5, 0.6) is 11.5 Å². The van der Waals surface area contributed by atoms with Crippen molar-refractivity contribution < 1.29 is 54.2 Å². The number of para-hydroxylation sites is 2. The van der Waals surface area contributed by atoms with Crippen LogP contribution in [0.4, 0.5) is 0 Å². The summed E-state index contributed by atoms with van der Waals surface area (Å²) in [6.07, 6.45) is -1.63. The van der Waals surface area contributed by atoms with Gasteiger partial charge < -0.3 is 45.1 Å². The third-order valence-corrected chi connectivity index (χ3v) is 6.96. The average Bonchev–Trinajstić information content (AvgIpc) is 2.77. The summed E-state index contributed by atoms with van der Waals surface area (Å²) in [6.45, 7) is -2.37. The van der Waals surface area contributed by atoms with Crippen LogP contribution >= 0.6 is 15.2 Å². The molecule has 0 aliphatic heterocycles. The van der Waals surface area contributed by atoms with Gasteiger partial charge in [0.15, 0.2) is 0 Å². The monoisotopic (exact) mass is 550 g/mol. The zero-order valence-electron chi connectivity index (χ0n) is 19.3. The summed E-state index contributed by atoms with van der Waals surface area (Å²) in [6, 6.07) is 7.90. The fourth-order valence-corrected chi connectivity index (χ4v) is 5.35. The number of rotatable bonds is 14. The van der Waals surface area contributed by atoms with Crippen LogP contribution in [-0.4, -0.2) is 86.7 Å². The van der Waals surface area contributed by atoms with E-state index in [9.17, 15) is 54.2 Å². The van der Waals surface area contributed by atoms with E-state index in [0.717, 1.165) is 0 Å². The van der Waals surface area contributed by atoms with Gasteiger partial charge in [0, 0.05) is 47.9 Å². The number of phenols is 2. The lowest BCUT2D eigenvalue weighted by Crippen LogP contribution is -2.46. The van der Waals surface area contributed by atoms with Crippen LogP contribution in [0.2, 0.25) is 0 Å². The third-order valence-electron chi connectivity index (χ3n) is 5.46. The van der Waals surface area contributed by atoms with E-state index in [0.29, 0.717) is 0 Å². The van der Waals surface area contributed by atoms with Gasteiger partial charge in [-0.3, -0.25) is 18.9 Å². The molecule has 36 heavy (non-hydrogen) atoms. The van der Waals surface area contributed by atoms with Crippen molar-refractivity contribution in [3.05, 3.63) is 58.7 Å². The Hall–Kier alpha value is -1.86. The van der Waals surface area contributed by atoms with E-state index in [4.69, 9.17) is 0 Å². The molecule has 0 radical (unpaired) electrons. The summed E-state index contributed by atoms with van der Waals surface area (Å²) in [7, 11) is -9.33. The maximum absolute atomic E-state index is 11.9. The second-order valence-corrected chi connectivity index (χ2v) is 11.6. The molecule has 0 spiro atoms. The van der Waals surface area contributed by atoms with E-state index < -0.39 is 53.6 Å². The minimum Gasteiger partial charge on any atom is -0.507 e. The zero-order valence-corrected chi connectivity index (χ0v) is 21.1. The van der Waals surface area contributed by atoms with Crippen molar-refractivity contribution in [3.8, 4) is 11.5 Å². The number of aliphatic hydroxyl groups is 3. The van der Waals surface area contributed by atoms with Crippen LogP contribution in [0, 0.1) is 0 Å². The summed E-state index contributed by atoms with van der Waals surface area (Å²) in [4.78, 5) is 40.8. The molecule has 15 heteroatoms. The first-order valence-corrected chi connectivity index (χ1v) is 14.3. The lowest BCUT2D eigenvalue weighted by molar-refractivity contribution is 0.0905. The summed E-state index contributed by atoms with van der Waals surface area (Å²) in [5.41, 5.74) is 0.834. The molecule has 0 aliphatic carbocycles. The van der Waals surface area contributed by atoms with Crippen LogP contribution < -0.4 is 0 Å². The summed E-state index contributed by atoms with van der Waals surface area (Å²) in [5.74, 6) is -0.556. The Bertz CT molecular complexity index is 1110. The molecule has 9 N–H and O–H groups in total. The van der Waals surface area contributed by atoms with Gasteiger partial charge >= 0.3 is 15.2 Å². The first-order valence-electron chi connectivity index (χ1n) is 10.8. The third kappa shape index (κ3) is 9.22. The molecule has 0 unspecified atom stereocenters. The molecule has 2 aromatic rings. The van der Waals surface area contributed by atoms with Crippen LogP contribution in [0.3, 0.4) is 0 Å². The van der Waals surface area contributed by atoms with Gasteiger partial charge in [0.25, 0.3) is 0 Å². The number of benzene rings is 2. The maximum Gasteiger partial charge on any atom is 0.339 e. The van der Waals surface area contributed by atoms with Crippen molar-refractivity contribution >= 4 is 15.2 Å². The molecular weight excluding hydrogens is 518 g/mol. The minimum absolute atomic E-state index is 0.187. The second kappa shape index (κ2) is 13.1. The van der Waals surface area contributed by atoms with Crippen molar-refractivity contribution in [3.63, 3.8) is 0 Å². The van der Waals surface area contributed by atoms with E-state index in [-0.39, 0.29) is 53.4 Å². The van der Waals surface area contributed by atoms with Crippen molar-refractivity contribution in [2.45, 2.75) is 32.3 Å². The Labute approximate surface area is 207 Å². The van der Waals surface area contributed by atoms with Gasteiger partial charge in [0.2, 0.25) is 0 Å². The highest BCUT2D eigenvalue weighted by molar-refractivity contribution is 7.51. The molecular formula is C21H32N2O11P2. The van der Waals surface area contributed by atoms with E-state index >= 15 is 0 Å². The highest BCUT2D eigenvalue weighted by atomic mass is 31.2. The molecule has 202 valence electrons. The Balaban J connectivity index is 2.40. The molecule has 2 aromatic carbocycles. The van der Waals surface area contributed by atoms with Gasteiger partial charge in [-0.2, -0.15) is 0 Å². The topological polar surface area (TPSA) is 223 Å². The quantitative estimate of drug-likeness (QED) is 0.142. The van der Waals surface area contributed by atoms with Crippen molar-refractivity contribution in [2.24, 2.45) is 0 Å². The Morgan fingerprint density at radius 3 is 1.56 bits per heavy atom. The fourth-order valence-electron chi connectivity index (χ4n) is 3.81. The van der Waals surface area contributed by atoms with Gasteiger partial charge in [0.05, 0.1) is 19.8 Å². The maximum atomic E-state index is 11.9. The first-order chi connectivity index (χ1) is 16.8. The molecule has 0 heterocycles. The fraction of sp³-hybridized carbons (Fsp3) is 0.429. The van der Waals surface area contributed by atoms with Crippen LogP contribution in [0.15, 0.2) is 36.4 Å². The first kappa shape index (κ1) is 30.4. The molecule has 0 saturated carbocycles. The summed E-state index contributed by atoms with van der Waals surface area (Å²) in [5, 5.41) is 49.6. The average molecular weight is 550 g/mol. The van der Waals surface area contributed by atoms with Crippen molar-refractivity contribution in [2.75, 3.05) is 25.7 Å². The van der Waals surface area contributed by atoms with Crippen molar-refractivity contribution in [1.82, 2.24) is 9.80 Å². The Morgan fingerprint density at radius 2 is 1.14 bits per heavy atom. The van der Waals surface area contributed by atoms with Crippen LogP contribution in [-0.2, 0) is 35.4 Å². The molecule has 1 atom stereocenters. The normalized spacial score (nSPS) is 13.5. The standard InChI is InChI=1S/C21H32N2O11P2/c24-10-17-5-1-3-15(20(17)27)7-22(13-35(29,30)31)9-19(12-26)23(14-36(32,33)34)8-16-4-2-6-18(11-25)21(16)28/h1-6,19,24-28H,7-14H2,(H2,29,30,31)(H2,32,33,34)/t19-/m1/s1. The molecule has 0 fully saturated rings. The molecule has 0 saturated heterocycles. The Morgan fingerprint density at radius 1 is 0.694 bits per heavy atom. The van der Waals surface area contributed by atoms with E-state index in [2.05, 4.69) is 0 Å². The SMILES string of the molecule is O=P(O)(O)CN(Cc1cccc(CO)c1O)C[C@H](CO)N(Cc1cccc(CO)c1O)CP(=O)(O)O. The highest BCUT2D eigenvalue weighted by Gasteiger charge is 2.30. The number of hydrogen-bond donors (Lipinski definition) is 9. The number of nitrogens with zero attached hydrogens (tertiary/aromatic N) is 2. The van der Waals surface area contributed by atoms with E-state index in [1.54, 1.807) is 0 Å². The predicted octanol–water partition coefficient (Wildman–Crippen LogP) is 0.0179. The van der Waals surface area contributed by atoms with Gasteiger partial charge in [-0.05, 0) is 0 Å². The molecule has 0 bridgehead atoms. The second-order valence-electron chi connectivity index (χ2n) is 8.37. The molecule has 2 rings (SSSR count). The van der Waals surface area contributed by atoms with Crippen LogP contribution in [0.25, 0.3) is 0 Å². The lowest BCUT2D eigenvalue weighted by Gasteiger charge is -2.35. The largest absolute Gasteiger partial charge is 0.507 e. The Kier molecular flexibility index (Phi) is 11.0. The smallest absolute Gasteiger partial charge is 0.339 e. The van der Waals surface area contributed by atoms with Gasteiger partial charge in [-0.25, -0.2) is 0 Å². The number of aromatic hydroxyl groups is 2. The number of hydrogen-bond acceptors (Lipinski definition) is 9. The minimum atomic E-state index is -4.69. The van der Waals surface area contributed by atoms with Gasteiger partial charge in [-0.15, -0.1) is 0 Å². The highest BCUT2D eigenvalue weighted by Crippen LogP contribution is 2.39. The lowest BCUT2D eigenvalue weighted by atomic mass is 10.1. The molecule has 0 aromatic heterocycles.